The number of nitrogens with zero attached hydrogens (tertiary/aromatic N) is 2. The zero-order valence-corrected chi connectivity index (χ0v) is 10.3. The number of aromatic amines is 1. The number of H-pyrrole nitrogens is 1. The highest BCUT2D eigenvalue weighted by Gasteiger charge is 2.25. The molecule has 1 aliphatic rings. The highest BCUT2D eigenvalue weighted by molar-refractivity contribution is 5.17. The van der Waals surface area contributed by atoms with E-state index in [-0.39, 0.29) is 0 Å². The van der Waals surface area contributed by atoms with Gasteiger partial charge in [0.15, 0.2) is 0 Å². The maximum atomic E-state index is 4.33. The third-order valence-electron chi connectivity index (χ3n) is 3.17. The molecule has 0 amide bonds. The van der Waals surface area contributed by atoms with E-state index in [2.05, 4.69) is 40.5 Å². The van der Waals surface area contributed by atoms with Crippen LogP contribution in [-0.4, -0.2) is 41.8 Å². The first-order valence-corrected chi connectivity index (χ1v) is 6.23. The average molecular weight is 222 g/mol. The fraction of sp³-hybridized carbons (Fsp3) is 0.750. The molecule has 1 saturated carbocycles. The van der Waals surface area contributed by atoms with Gasteiger partial charge in [-0.1, -0.05) is 6.92 Å². The van der Waals surface area contributed by atoms with Crippen LogP contribution in [0.5, 0.6) is 0 Å². The molecule has 0 saturated heterocycles. The summed E-state index contributed by atoms with van der Waals surface area (Å²) in [6.45, 7) is 6.31. The van der Waals surface area contributed by atoms with Gasteiger partial charge >= 0.3 is 0 Å². The molecule has 0 bridgehead atoms. The summed E-state index contributed by atoms with van der Waals surface area (Å²) in [4.78, 5) is 2.30. The molecule has 0 atom stereocenters. The van der Waals surface area contributed by atoms with Crippen LogP contribution in [-0.2, 0) is 6.54 Å². The van der Waals surface area contributed by atoms with Gasteiger partial charge in [0.25, 0.3) is 0 Å². The molecule has 1 aromatic heterocycles. The second-order valence-corrected chi connectivity index (χ2v) is 4.66. The maximum absolute atomic E-state index is 4.33. The van der Waals surface area contributed by atoms with Crippen LogP contribution in [0.4, 0.5) is 0 Å². The van der Waals surface area contributed by atoms with Gasteiger partial charge in [-0.15, -0.1) is 0 Å². The number of rotatable bonds is 7. The van der Waals surface area contributed by atoms with Crippen molar-refractivity contribution in [2.24, 2.45) is 0 Å². The highest BCUT2D eigenvalue weighted by atomic mass is 15.1. The van der Waals surface area contributed by atoms with Gasteiger partial charge in [0.05, 0.1) is 5.69 Å². The SMILES string of the molecule is CCN(C)CCNCc1cc(C2CC2)n[nH]1. The van der Waals surface area contributed by atoms with Gasteiger partial charge in [0.1, 0.15) is 0 Å². The summed E-state index contributed by atoms with van der Waals surface area (Å²) >= 11 is 0. The van der Waals surface area contributed by atoms with Crippen LogP contribution in [0, 0.1) is 0 Å². The molecule has 4 nitrogen and oxygen atoms in total. The predicted molar refractivity (Wildman–Crippen MR) is 65.4 cm³/mol. The molecule has 1 fully saturated rings. The molecular weight excluding hydrogens is 200 g/mol. The minimum Gasteiger partial charge on any atom is -0.310 e. The van der Waals surface area contributed by atoms with E-state index in [1.807, 2.05) is 0 Å². The highest BCUT2D eigenvalue weighted by Crippen LogP contribution is 2.38. The lowest BCUT2D eigenvalue weighted by Crippen LogP contribution is -2.28. The second-order valence-electron chi connectivity index (χ2n) is 4.66. The number of aromatic nitrogens is 2. The fourth-order valence-electron chi connectivity index (χ4n) is 1.71. The summed E-state index contributed by atoms with van der Waals surface area (Å²) in [6.07, 6.45) is 2.64. The van der Waals surface area contributed by atoms with Crippen molar-refractivity contribution in [1.29, 1.82) is 0 Å². The van der Waals surface area contributed by atoms with Crippen LogP contribution >= 0.6 is 0 Å². The molecule has 90 valence electrons. The molecule has 0 spiro atoms. The molecular formula is C12H22N4. The van der Waals surface area contributed by atoms with E-state index in [0.717, 1.165) is 32.1 Å². The second kappa shape index (κ2) is 5.46. The van der Waals surface area contributed by atoms with Crippen LogP contribution in [0.2, 0.25) is 0 Å². The van der Waals surface area contributed by atoms with Gasteiger partial charge < -0.3 is 10.2 Å². The largest absolute Gasteiger partial charge is 0.310 e. The van der Waals surface area contributed by atoms with Gasteiger partial charge in [-0.3, -0.25) is 5.10 Å². The molecule has 4 heteroatoms. The molecule has 0 radical (unpaired) electrons. The average Bonchev–Trinajstić information content (AvgIpc) is 3.05. The molecule has 1 heterocycles. The minimum absolute atomic E-state index is 0.747. The van der Waals surface area contributed by atoms with Crippen molar-refractivity contribution in [1.82, 2.24) is 20.4 Å². The topological polar surface area (TPSA) is 44.0 Å². The van der Waals surface area contributed by atoms with Crippen LogP contribution in [0.3, 0.4) is 0 Å². The van der Waals surface area contributed by atoms with E-state index in [4.69, 9.17) is 0 Å². The summed E-state index contributed by atoms with van der Waals surface area (Å²) in [6, 6.07) is 2.20. The van der Waals surface area contributed by atoms with Crippen molar-refractivity contribution < 1.29 is 0 Å². The van der Waals surface area contributed by atoms with Crippen molar-refractivity contribution in [2.45, 2.75) is 32.2 Å². The Bertz CT molecular complexity index is 317. The van der Waals surface area contributed by atoms with E-state index in [0.29, 0.717) is 0 Å². The van der Waals surface area contributed by atoms with Crippen molar-refractivity contribution in [2.75, 3.05) is 26.7 Å². The molecule has 0 aliphatic heterocycles. The van der Waals surface area contributed by atoms with Crippen LogP contribution in [0.25, 0.3) is 0 Å². The third-order valence-corrected chi connectivity index (χ3v) is 3.17. The molecule has 0 unspecified atom stereocenters. The van der Waals surface area contributed by atoms with E-state index in [1.54, 1.807) is 0 Å². The Hall–Kier alpha value is -0.870. The molecule has 0 aromatic carbocycles. The Morgan fingerprint density at radius 3 is 3.06 bits per heavy atom. The smallest absolute Gasteiger partial charge is 0.0656 e. The number of hydrogen-bond acceptors (Lipinski definition) is 3. The van der Waals surface area contributed by atoms with Gasteiger partial charge in [-0.25, -0.2) is 0 Å². The summed E-state index contributed by atoms with van der Waals surface area (Å²) in [5.74, 6) is 0.747. The Kier molecular flexibility index (Phi) is 3.96. The Balaban J connectivity index is 1.64. The zero-order chi connectivity index (χ0) is 11.4. The van der Waals surface area contributed by atoms with Crippen molar-refractivity contribution in [3.05, 3.63) is 17.5 Å². The molecule has 1 aliphatic carbocycles. The molecule has 16 heavy (non-hydrogen) atoms. The molecule has 1 aromatic rings. The van der Waals surface area contributed by atoms with Crippen molar-refractivity contribution in [3.63, 3.8) is 0 Å². The lowest BCUT2D eigenvalue weighted by Gasteiger charge is -2.13. The first-order valence-electron chi connectivity index (χ1n) is 6.23. The summed E-state index contributed by atoms with van der Waals surface area (Å²) in [7, 11) is 2.14. The maximum Gasteiger partial charge on any atom is 0.0656 e. The number of nitrogens with one attached hydrogen (secondary N) is 2. The first-order chi connectivity index (χ1) is 7.79. The lowest BCUT2D eigenvalue weighted by molar-refractivity contribution is 0.348. The third kappa shape index (κ3) is 3.32. The Morgan fingerprint density at radius 2 is 2.38 bits per heavy atom. The number of likely N-dealkylation sites (N-methyl/N-ethyl adjacent to an activating group) is 1. The quantitative estimate of drug-likeness (QED) is 0.684. The molecule has 2 N–H and O–H groups in total. The van der Waals surface area contributed by atoms with Gasteiger partial charge in [-0.05, 0) is 32.5 Å². The van der Waals surface area contributed by atoms with Gasteiger partial charge in [0.2, 0.25) is 0 Å². The van der Waals surface area contributed by atoms with Gasteiger partial charge in [-0.2, -0.15) is 5.10 Å². The van der Waals surface area contributed by atoms with E-state index in [1.165, 1.54) is 24.2 Å². The Labute approximate surface area is 97.4 Å². The lowest BCUT2D eigenvalue weighted by atomic mass is 10.2. The van der Waals surface area contributed by atoms with Crippen molar-refractivity contribution >= 4 is 0 Å². The van der Waals surface area contributed by atoms with Gasteiger partial charge in [0, 0.05) is 31.2 Å². The fourth-order valence-corrected chi connectivity index (χ4v) is 1.71. The van der Waals surface area contributed by atoms with Crippen LogP contribution < -0.4 is 5.32 Å². The van der Waals surface area contributed by atoms with E-state index >= 15 is 0 Å². The zero-order valence-electron chi connectivity index (χ0n) is 10.3. The molecule has 2 rings (SSSR count). The predicted octanol–water partition coefficient (Wildman–Crippen LogP) is 1.33. The standard InChI is InChI=1S/C12H22N4/c1-3-16(2)7-6-13-9-11-8-12(15-14-11)10-4-5-10/h8,10,13H,3-7,9H2,1-2H3,(H,14,15). The summed E-state index contributed by atoms with van der Waals surface area (Å²) in [5, 5.41) is 10.9. The van der Waals surface area contributed by atoms with Crippen LogP contribution in [0.15, 0.2) is 6.07 Å². The number of hydrogen-bond donors (Lipinski definition) is 2. The Morgan fingerprint density at radius 1 is 1.56 bits per heavy atom. The van der Waals surface area contributed by atoms with Crippen molar-refractivity contribution in [3.8, 4) is 0 Å². The van der Waals surface area contributed by atoms with Crippen LogP contribution in [0.1, 0.15) is 37.1 Å². The normalized spacial score (nSPS) is 15.9. The van der Waals surface area contributed by atoms with E-state index in [9.17, 15) is 0 Å². The summed E-state index contributed by atoms with van der Waals surface area (Å²) < 4.78 is 0. The first kappa shape index (κ1) is 11.6. The van der Waals surface area contributed by atoms with E-state index < -0.39 is 0 Å². The minimum atomic E-state index is 0.747. The monoisotopic (exact) mass is 222 g/mol. The summed E-state index contributed by atoms with van der Waals surface area (Å²) in [5.41, 5.74) is 2.46.